The number of carbonyl (C=O) groups excluding carboxylic acids is 1. The third-order valence-electron chi connectivity index (χ3n) is 3.65. The average molecular weight is 275 g/mol. The van der Waals surface area contributed by atoms with Crippen molar-refractivity contribution in [1.29, 1.82) is 0 Å². The number of fused-ring (bicyclic) bond motifs is 1. The first-order valence-electron chi connectivity index (χ1n) is 7.00. The fourth-order valence-electron chi connectivity index (χ4n) is 2.35. The van der Waals surface area contributed by atoms with Gasteiger partial charge in [-0.05, 0) is 19.4 Å². The van der Waals surface area contributed by atoms with Crippen LogP contribution >= 0.6 is 0 Å². The average Bonchev–Trinajstić information content (AvgIpc) is 2.47. The van der Waals surface area contributed by atoms with E-state index in [0.717, 1.165) is 17.7 Å². The van der Waals surface area contributed by atoms with Crippen LogP contribution in [0.25, 0.3) is 0 Å². The Labute approximate surface area is 119 Å². The highest BCUT2D eigenvalue weighted by Gasteiger charge is 2.23. The first-order chi connectivity index (χ1) is 9.65. The van der Waals surface area contributed by atoms with Crippen molar-refractivity contribution >= 4 is 17.3 Å². The summed E-state index contributed by atoms with van der Waals surface area (Å²) in [6.45, 7) is 5.06. The molecule has 0 radical (unpaired) electrons. The van der Waals surface area contributed by atoms with Gasteiger partial charge in [-0.3, -0.25) is 4.79 Å². The fraction of sp³-hybridized carbons (Fsp3) is 0.467. The summed E-state index contributed by atoms with van der Waals surface area (Å²) in [6, 6.07) is 7.90. The number of benzene rings is 1. The van der Waals surface area contributed by atoms with E-state index >= 15 is 0 Å². The quantitative estimate of drug-likeness (QED) is 0.652. The Morgan fingerprint density at radius 1 is 1.50 bits per heavy atom. The van der Waals surface area contributed by atoms with Gasteiger partial charge in [-0.25, -0.2) is 0 Å². The number of nitrogens with one attached hydrogen (secondary N) is 1. The van der Waals surface area contributed by atoms with E-state index in [2.05, 4.69) is 10.5 Å². The van der Waals surface area contributed by atoms with E-state index in [1.54, 1.807) is 0 Å². The molecule has 1 aliphatic heterocycles. The van der Waals surface area contributed by atoms with Crippen molar-refractivity contribution in [2.24, 2.45) is 5.16 Å². The first-order valence-corrected chi connectivity index (χ1v) is 7.00. The van der Waals surface area contributed by atoms with Gasteiger partial charge in [0.05, 0.1) is 12.3 Å². The summed E-state index contributed by atoms with van der Waals surface area (Å²) in [5.74, 6) is 0.0264. The van der Waals surface area contributed by atoms with E-state index < -0.39 is 0 Å². The van der Waals surface area contributed by atoms with Gasteiger partial charge in [0.25, 0.3) is 0 Å². The number of nitrogens with zero attached hydrogens (tertiary/aromatic N) is 2. The second kappa shape index (κ2) is 6.41. The van der Waals surface area contributed by atoms with Crippen LogP contribution in [0.4, 0.5) is 5.69 Å². The molecule has 1 heterocycles. The Morgan fingerprint density at radius 2 is 2.25 bits per heavy atom. The minimum Gasteiger partial charge on any atom is -0.411 e. The molecule has 0 saturated carbocycles. The van der Waals surface area contributed by atoms with Crippen LogP contribution in [0.3, 0.4) is 0 Å². The monoisotopic (exact) mass is 275 g/mol. The Bertz CT molecular complexity index is 514. The number of amides is 1. The minimum atomic E-state index is 0.0264. The van der Waals surface area contributed by atoms with Gasteiger partial charge < -0.3 is 15.4 Å². The molecule has 1 amide bonds. The van der Waals surface area contributed by atoms with Gasteiger partial charge in [-0.15, -0.1) is 0 Å². The normalized spacial score (nSPS) is 17.7. The predicted octanol–water partition coefficient (Wildman–Crippen LogP) is 1.99. The second-order valence-electron chi connectivity index (χ2n) is 5.11. The van der Waals surface area contributed by atoms with E-state index in [4.69, 9.17) is 5.21 Å². The SMILES string of the molecule is CCC(C)NC(=O)CN1CCC(=NO)c2ccccc21. The number of hydrogen-bond donors (Lipinski definition) is 2. The summed E-state index contributed by atoms with van der Waals surface area (Å²) in [5, 5.41) is 15.4. The molecule has 108 valence electrons. The maximum atomic E-state index is 12.0. The van der Waals surface area contributed by atoms with Crippen molar-refractivity contribution in [3.8, 4) is 0 Å². The number of anilines is 1. The molecular formula is C15H21N3O2. The van der Waals surface area contributed by atoms with Crippen molar-refractivity contribution in [1.82, 2.24) is 5.32 Å². The van der Waals surface area contributed by atoms with Gasteiger partial charge in [-0.2, -0.15) is 0 Å². The van der Waals surface area contributed by atoms with Crippen LogP contribution in [-0.2, 0) is 4.79 Å². The number of oxime groups is 1. The topological polar surface area (TPSA) is 64.9 Å². The van der Waals surface area contributed by atoms with Gasteiger partial charge in [0.2, 0.25) is 5.91 Å². The summed E-state index contributed by atoms with van der Waals surface area (Å²) in [6.07, 6.45) is 1.56. The van der Waals surface area contributed by atoms with Crippen molar-refractivity contribution in [3.05, 3.63) is 29.8 Å². The second-order valence-corrected chi connectivity index (χ2v) is 5.11. The molecular weight excluding hydrogens is 254 g/mol. The van der Waals surface area contributed by atoms with Gasteiger partial charge in [-0.1, -0.05) is 30.3 Å². The zero-order valence-electron chi connectivity index (χ0n) is 12.0. The van der Waals surface area contributed by atoms with Crippen molar-refractivity contribution in [2.75, 3.05) is 18.0 Å². The lowest BCUT2D eigenvalue weighted by molar-refractivity contribution is -0.120. The zero-order chi connectivity index (χ0) is 14.5. The molecule has 1 aliphatic rings. The lowest BCUT2D eigenvalue weighted by atomic mass is 9.99. The van der Waals surface area contributed by atoms with Crippen molar-refractivity contribution in [2.45, 2.75) is 32.7 Å². The van der Waals surface area contributed by atoms with E-state index in [0.29, 0.717) is 25.2 Å². The van der Waals surface area contributed by atoms with E-state index in [9.17, 15) is 4.79 Å². The molecule has 0 bridgehead atoms. The van der Waals surface area contributed by atoms with Gasteiger partial charge in [0.1, 0.15) is 0 Å². The summed E-state index contributed by atoms with van der Waals surface area (Å²) >= 11 is 0. The predicted molar refractivity (Wildman–Crippen MR) is 79.5 cm³/mol. The number of carbonyl (C=O) groups is 1. The molecule has 1 aromatic carbocycles. The zero-order valence-corrected chi connectivity index (χ0v) is 12.0. The van der Waals surface area contributed by atoms with Crippen LogP contribution in [0, 0.1) is 0 Å². The molecule has 5 nitrogen and oxygen atoms in total. The van der Waals surface area contributed by atoms with E-state index in [1.165, 1.54) is 0 Å². The third-order valence-corrected chi connectivity index (χ3v) is 3.65. The molecule has 5 heteroatoms. The van der Waals surface area contributed by atoms with Crippen molar-refractivity contribution < 1.29 is 10.0 Å². The van der Waals surface area contributed by atoms with Crippen LogP contribution in [0.15, 0.2) is 29.4 Å². The van der Waals surface area contributed by atoms with Crippen molar-refractivity contribution in [3.63, 3.8) is 0 Å². The summed E-state index contributed by atoms with van der Waals surface area (Å²) in [4.78, 5) is 14.0. The van der Waals surface area contributed by atoms with Crippen LogP contribution in [-0.4, -0.2) is 36.0 Å². The van der Waals surface area contributed by atoms with Gasteiger partial charge in [0.15, 0.2) is 0 Å². The van der Waals surface area contributed by atoms with E-state index in [-0.39, 0.29) is 11.9 Å². The van der Waals surface area contributed by atoms with E-state index in [1.807, 2.05) is 43.0 Å². The Hall–Kier alpha value is -2.04. The number of para-hydroxylation sites is 1. The molecule has 0 saturated heterocycles. The van der Waals surface area contributed by atoms with Gasteiger partial charge in [0, 0.05) is 30.3 Å². The van der Waals surface area contributed by atoms with Gasteiger partial charge >= 0.3 is 0 Å². The maximum absolute atomic E-state index is 12.0. The fourth-order valence-corrected chi connectivity index (χ4v) is 2.35. The lowest BCUT2D eigenvalue weighted by Gasteiger charge is -2.31. The molecule has 0 aromatic heterocycles. The molecule has 2 rings (SSSR count). The summed E-state index contributed by atoms with van der Waals surface area (Å²) in [7, 11) is 0. The highest BCUT2D eigenvalue weighted by molar-refractivity contribution is 6.07. The Morgan fingerprint density at radius 3 is 2.95 bits per heavy atom. The Kier molecular flexibility index (Phi) is 4.61. The Balaban J connectivity index is 2.13. The number of hydrogen-bond acceptors (Lipinski definition) is 4. The smallest absolute Gasteiger partial charge is 0.239 e. The van der Waals surface area contributed by atoms with Crippen LogP contribution in [0.2, 0.25) is 0 Å². The largest absolute Gasteiger partial charge is 0.411 e. The highest BCUT2D eigenvalue weighted by Crippen LogP contribution is 2.26. The molecule has 2 N–H and O–H groups in total. The van der Waals surface area contributed by atoms with Crippen LogP contribution in [0.1, 0.15) is 32.3 Å². The first kappa shape index (κ1) is 14.4. The molecule has 0 fully saturated rings. The number of rotatable bonds is 4. The highest BCUT2D eigenvalue weighted by atomic mass is 16.4. The lowest BCUT2D eigenvalue weighted by Crippen LogP contribution is -2.43. The minimum absolute atomic E-state index is 0.0264. The molecule has 1 unspecified atom stereocenters. The molecule has 0 aliphatic carbocycles. The van der Waals surface area contributed by atoms with Crippen LogP contribution in [0.5, 0.6) is 0 Å². The standard InChI is InChI=1S/C15H21N3O2/c1-3-11(2)16-15(19)10-18-9-8-13(17-20)12-6-4-5-7-14(12)18/h4-7,11,20H,3,8-10H2,1-2H3,(H,16,19). The third kappa shape index (κ3) is 3.10. The molecule has 20 heavy (non-hydrogen) atoms. The molecule has 1 aromatic rings. The summed E-state index contributed by atoms with van der Waals surface area (Å²) in [5.41, 5.74) is 2.53. The van der Waals surface area contributed by atoms with Crippen LogP contribution < -0.4 is 10.2 Å². The summed E-state index contributed by atoms with van der Waals surface area (Å²) < 4.78 is 0. The molecule has 1 atom stereocenters. The maximum Gasteiger partial charge on any atom is 0.239 e. The molecule has 0 spiro atoms.